The summed E-state index contributed by atoms with van der Waals surface area (Å²) in [5, 5.41) is 9.25. The predicted molar refractivity (Wildman–Crippen MR) is 156 cm³/mol. The summed E-state index contributed by atoms with van der Waals surface area (Å²) in [6, 6.07) is 10.5. The summed E-state index contributed by atoms with van der Waals surface area (Å²) < 4.78 is 87.3. The van der Waals surface area contributed by atoms with Crippen molar-refractivity contribution in [3.05, 3.63) is 106 Å². The number of aromatic nitrogens is 4. The van der Waals surface area contributed by atoms with Crippen LogP contribution in [0.2, 0.25) is 0 Å². The third kappa shape index (κ3) is 4.84. The molecule has 5 aromatic rings. The number of H-pyrrole nitrogens is 1. The van der Waals surface area contributed by atoms with Gasteiger partial charge in [-0.3, -0.25) is 14.3 Å². The Balaban J connectivity index is 1.21. The molecule has 47 heavy (non-hydrogen) atoms. The first-order chi connectivity index (χ1) is 22.5. The molecule has 0 radical (unpaired) electrons. The van der Waals surface area contributed by atoms with Crippen LogP contribution in [0.4, 0.5) is 26.3 Å². The summed E-state index contributed by atoms with van der Waals surface area (Å²) in [7, 11) is 0. The summed E-state index contributed by atoms with van der Waals surface area (Å²) in [6.45, 7) is -0.442. The molecular formula is C33H24F6N6O2. The molecule has 1 saturated carbocycles. The molecule has 2 amide bonds. The Labute approximate surface area is 262 Å². The summed E-state index contributed by atoms with van der Waals surface area (Å²) in [6.07, 6.45) is -1.56. The minimum absolute atomic E-state index is 0.0737. The van der Waals surface area contributed by atoms with Crippen molar-refractivity contribution >= 4 is 22.8 Å². The highest BCUT2D eigenvalue weighted by Crippen LogP contribution is 2.68. The molecule has 240 valence electrons. The number of nitrogens with one attached hydrogen (secondary N) is 3. The van der Waals surface area contributed by atoms with Crippen molar-refractivity contribution in [3.8, 4) is 11.1 Å². The van der Waals surface area contributed by atoms with Crippen LogP contribution in [0.15, 0.2) is 54.7 Å². The van der Waals surface area contributed by atoms with Gasteiger partial charge in [-0.2, -0.15) is 13.9 Å². The van der Waals surface area contributed by atoms with E-state index in [1.165, 1.54) is 0 Å². The molecule has 2 aliphatic carbocycles. The number of alkyl halides is 4. The minimum atomic E-state index is -3.42. The van der Waals surface area contributed by atoms with Crippen molar-refractivity contribution < 1.29 is 35.9 Å². The maximum atomic E-state index is 15.2. The number of hydrogen-bond donors (Lipinski definition) is 3. The van der Waals surface area contributed by atoms with Crippen LogP contribution < -0.4 is 10.6 Å². The van der Waals surface area contributed by atoms with E-state index in [0.717, 1.165) is 17.7 Å². The molecule has 3 N–H and O–H groups in total. The predicted octanol–water partition coefficient (Wildman–Crippen LogP) is 6.19. The minimum Gasteiger partial charge on any atom is -0.360 e. The number of benzene rings is 2. The fourth-order valence-electron chi connectivity index (χ4n) is 7.01. The standard InChI is InChI=1S/C33H24F6N6O2/c34-17-5-14(6-18(35)9-17)7-25(42-26(46)13-45-30-27(29(44-45)31(36)37)21-10-22(21)33(30,38)39)28-19(11-24-23(43-28)3-4-40-24)15-1-2-16-12-41-32(47)20(16)8-15/h1-6,8-9,11,21-22,25,31,40H,7,10,12-13H2,(H,41,47)(H,42,46)/t21-,22?,25-/m0/s1. The van der Waals surface area contributed by atoms with Gasteiger partial charge in [0.25, 0.3) is 18.3 Å². The molecule has 0 spiro atoms. The molecule has 1 aliphatic heterocycles. The van der Waals surface area contributed by atoms with E-state index < -0.39 is 65.7 Å². The molecule has 2 aromatic carbocycles. The third-order valence-corrected chi connectivity index (χ3v) is 9.15. The SMILES string of the molecule is O=C(Cn1nc(C(F)F)c2c1C(F)(F)C1C[C@H]21)N[C@@H](Cc1cc(F)cc(F)c1)c1nc2cc[nH]c2cc1-c1ccc2c(c1)C(=O)NC2. The molecule has 8 rings (SSSR count). The number of fused-ring (bicyclic) bond motifs is 5. The number of carbonyl (C=O) groups excluding carboxylic acids is 2. The lowest BCUT2D eigenvalue weighted by Crippen LogP contribution is -2.35. The van der Waals surface area contributed by atoms with Gasteiger partial charge in [-0.05, 0) is 65.8 Å². The van der Waals surface area contributed by atoms with Gasteiger partial charge in [0.1, 0.15) is 29.6 Å². The Morgan fingerprint density at radius 2 is 1.83 bits per heavy atom. The molecule has 14 heteroatoms. The summed E-state index contributed by atoms with van der Waals surface area (Å²) in [4.78, 5) is 34.0. The zero-order valence-corrected chi connectivity index (χ0v) is 24.3. The van der Waals surface area contributed by atoms with Crippen LogP contribution in [-0.2, 0) is 30.2 Å². The van der Waals surface area contributed by atoms with E-state index in [1.54, 1.807) is 36.5 Å². The van der Waals surface area contributed by atoms with Gasteiger partial charge in [0.15, 0.2) is 0 Å². The average Bonchev–Trinajstić information content (AvgIpc) is 3.25. The van der Waals surface area contributed by atoms with E-state index in [4.69, 9.17) is 4.98 Å². The summed E-state index contributed by atoms with van der Waals surface area (Å²) in [5.41, 5.74) is 2.20. The lowest BCUT2D eigenvalue weighted by atomic mass is 9.93. The highest BCUT2D eigenvalue weighted by atomic mass is 19.3. The third-order valence-electron chi connectivity index (χ3n) is 9.15. The zero-order valence-electron chi connectivity index (χ0n) is 24.3. The van der Waals surface area contributed by atoms with Gasteiger partial charge in [-0.15, -0.1) is 0 Å². The number of amides is 2. The molecule has 0 bridgehead atoms. The van der Waals surface area contributed by atoms with Gasteiger partial charge in [0.05, 0.1) is 22.8 Å². The van der Waals surface area contributed by atoms with E-state index in [2.05, 4.69) is 20.7 Å². The molecule has 3 atom stereocenters. The van der Waals surface area contributed by atoms with Gasteiger partial charge >= 0.3 is 0 Å². The Morgan fingerprint density at radius 3 is 2.60 bits per heavy atom. The number of hydrogen-bond acceptors (Lipinski definition) is 4. The van der Waals surface area contributed by atoms with Gasteiger partial charge in [0, 0.05) is 41.4 Å². The van der Waals surface area contributed by atoms with Crippen LogP contribution >= 0.6 is 0 Å². The first-order valence-corrected chi connectivity index (χ1v) is 14.9. The first-order valence-electron chi connectivity index (χ1n) is 14.9. The smallest absolute Gasteiger partial charge is 0.293 e. The van der Waals surface area contributed by atoms with Crippen LogP contribution in [0.1, 0.15) is 68.9 Å². The number of halogens is 6. The van der Waals surface area contributed by atoms with Crippen molar-refractivity contribution in [2.45, 2.75) is 50.2 Å². The van der Waals surface area contributed by atoms with E-state index in [9.17, 15) is 27.2 Å². The van der Waals surface area contributed by atoms with Crippen LogP contribution in [0.5, 0.6) is 0 Å². The topological polar surface area (TPSA) is 105 Å². The quantitative estimate of drug-likeness (QED) is 0.174. The number of aromatic amines is 1. The summed E-state index contributed by atoms with van der Waals surface area (Å²) in [5.74, 6) is -8.08. The highest BCUT2D eigenvalue weighted by molar-refractivity contribution is 5.99. The molecule has 1 unspecified atom stereocenters. The van der Waals surface area contributed by atoms with Gasteiger partial charge in [0.2, 0.25) is 5.91 Å². The van der Waals surface area contributed by atoms with Crippen LogP contribution in [0.25, 0.3) is 22.2 Å². The lowest BCUT2D eigenvalue weighted by molar-refractivity contribution is -0.123. The Bertz CT molecular complexity index is 2100. The Hall–Kier alpha value is -5.14. The van der Waals surface area contributed by atoms with E-state index in [1.807, 2.05) is 0 Å². The van der Waals surface area contributed by atoms with E-state index in [0.29, 0.717) is 45.0 Å². The molecule has 4 heterocycles. The zero-order chi connectivity index (χ0) is 32.8. The molecule has 3 aliphatic rings. The second-order valence-electron chi connectivity index (χ2n) is 12.2. The Morgan fingerprint density at radius 1 is 1.04 bits per heavy atom. The van der Waals surface area contributed by atoms with Crippen LogP contribution in [0.3, 0.4) is 0 Å². The van der Waals surface area contributed by atoms with Gasteiger partial charge in [-0.25, -0.2) is 22.5 Å². The summed E-state index contributed by atoms with van der Waals surface area (Å²) >= 11 is 0. The van der Waals surface area contributed by atoms with Crippen molar-refractivity contribution in [2.24, 2.45) is 5.92 Å². The highest BCUT2D eigenvalue weighted by Gasteiger charge is 2.67. The molecular weight excluding hydrogens is 626 g/mol. The number of rotatable bonds is 8. The largest absolute Gasteiger partial charge is 0.360 e. The maximum absolute atomic E-state index is 15.2. The first kappa shape index (κ1) is 29.3. The van der Waals surface area contributed by atoms with E-state index in [-0.39, 0.29) is 35.6 Å². The monoisotopic (exact) mass is 650 g/mol. The lowest BCUT2D eigenvalue weighted by Gasteiger charge is -2.23. The normalized spacial score (nSPS) is 19.4. The molecule has 8 nitrogen and oxygen atoms in total. The fraction of sp³-hybridized carbons (Fsp3) is 0.273. The van der Waals surface area contributed by atoms with Gasteiger partial charge < -0.3 is 15.6 Å². The molecule has 3 aromatic heterocycles. The maximum Gasteiger partial charge on any atom is 0.293 e. The van der Waals surface area contributed by atoms with E-state index >= 15 is 8.78 Å². The molecule has 0 saturated heterocycles. The number of carbonyl (C=O) groups is 2. The fourth-order valence-corrected chi connectivity index (χ4v) is 7.01. The van der Waals surface area contributed by atoms with Crippen molar-refractivity contribution in [2.75, 3.05) is 0 Å². The second-order valence-corrected chi connectivity index (χ2v) is 12.2. The van der Waals surface area contributed by atoms with Crippen molar-refractivity contribution in [1.82, 2.24) is 30.4 Å². The van der Waals surface area contributed by atoms with Crippen LogP contribution in [-0.4, -0.2) is 31.6 Å². The number of nitrogens with zero attached hydrogens (tertiary/aromatic N) is 3. The van der Waals surface area contributed by atoms with Crippen LogP contribution in [0, 0.1) is 17.6 Å². The second kappa shape index (κ2) is 10.4. The van der Waals surface area contributed by atoms with Crippen molar-refractivity contribution in [3.63, 3.8) is 0 Å². The molecule has 1 fully saturated rings. The average molecular weight is 651 g/mol. The number of pyridine rings is 1. The Kier molecular flexibility index (Phi) is 6.50. The van der Waals surface area contributed by atoms with Crippen molar-refractivity contribution in [1.29, 1.82) is 0 Å². The van der Waals surface area contributed by atoms with Gasteiger partial charge in [-0.1, -0.05) is 12.1 Å².